The van der Waals surface area contributed by atoms with Crippen LogP contribution in [0.4, 0.5) is 0 Å². The fourth-order valence-electron chi connectivity index (χ4n) is 10.6. The third-order valence-corrected chi connectivity index (χ3v) is 15.8. The second-order valence-electron chi connectivity index (χ2n) is 24.2. The molecule has 93 heavy (non-hydrogen) atoms. The molecule has 2 aromatic carbocycles. The largest absolute Gasteiger partial charge is 0.508 e. The van der Waals surface area contributed by atoms with Crippen molar-refractivity contribution in [1.29, 1.82) is 0 Å². The fraction of sp³-hybridized carbons (Fsp3) is 0.571. The summed E-state index contributed by atoms with van der Waals surface area (Å²) in [4.78, 5) is 192. The van der Waals surface area contributed by atoms with Crippen LogP contribution in [0.15, 0.2) is 53.5 Å². The van der Waals surface area contributed by atoms with Crippen molar-refractivity contribution in [2.45, 2.75) is 155 Å². The van der Waals surface area contributed by atoms with Crippen molar-refractivity contribution >= 4 is 88.1 Å². The first kappa shape index (κ1) is 78.1. The number of aliphatic carboxylic acids is 1. The Morgan fingerprint density at radius 1 is 0.559 bits per heavy atom. The number of carbonyl (C=O) groups excluding carboxylic acids is 13. The van der Waals surface area contributed by atoms with E-state index in [0.29, 0.717) is 17.5 Å². The molecule has 1 aliphatic rings. The Kier molecular flexibility index (Phi) is 32.4. The zero-order valence-electron chi connectivity index (χ0n) is 53.1. The van der Waals surface area contributed by atoms with E-state index in [2.05, 4.69) is 31.6 Å². The molecule has 0 spiro atoms. The van der Waals surface area contributed by atoms with Crippen LogP contribution in [-0.2, 0) is 80.0 Å². The fourth-order valence-corrected chi connectivity index (χ4v) is 10.6. The van der Waals surface area contributed by atoms with Gasteiger partial charge in [-0.25, -0.2) is 0 Å². The number of Topliss-reactive ketones (excluding diaryl/α,β-unsaturated/α-hetero) is 5. The van der Waals surface area contributed by atoms with Crippen LogP contribution in [0.1, 0.15) is 123 Å². The van der Waals surface area contributed by atoms with Crippen molar-refractivity contribution < 1.29 is 92.7 Å². The molecule has 1 aliphatic heterocycles. The third-order valence-electron chi connectivity index (χ3n) is 15.8. The van der Waals surface area contributed by atoms with Crippen molar-refractivity contribution in [3.63, 3.8) is 0 Å². The number of carboxylic acids is 1. The zero-order valence-corrected chi connectivity index (χ0v) is 53.1. The molecule has 30 nitrogen and oxygen atoms in total. The van der Waals surface area contributed by atoms with E-state index in [-0.39, 0.29) is 93.1 Å². The number of aliphatic imine (C=N–C) groups is 1. The Morgan fingerprint density at radius 3 is 1.51 bits per heavy atom. The van der Waals surface area contributed by atoms with Gasteiger partial charge in [-0.05, 0) is 86.3 Å². The van der Waals surface area contributed by atoms with E-state index >= 15 is 0 Å². The number of nitrogens with zero attached hydrogens (tertiary/aromatic N) is 2. The predicted octanol–water partition coefficient (Wildman–Crippen LogP) is -1.60. The van der Waals surface area contributed by atoms with Crippen LogP contribution < -0.4 is 49.5 Å². The highest BCUT2D eigenvalue weighted by Crippen LogP contribution is 2.25. The number of carboxylic acid groups (broad SMARTS) is 1. The topological polar surface area (TPSA) is 520 Å². The lowest BCUT2D eigenvalue weighted by Crippen LogP contribution is -2.51. The van der Waals surface area contributed by atoms with Crippen molar-refractivity contribution in [3.8, 4) is 11.5 Å². The highest BCUT2D eigenvalue weighted by Gasteiger charge is 2.40. The summed E-state index contributed by atoms with van der Waals surface area (Å²) in [5.41, 5.74) is 22.8. The first-order valence-corrected chi connectivity index (χ1v) is 30.8. The summed E-state index contributed by atoms with van der Waals surface area (Å²) in [6.45, 7) is 5.84. The van der Waals surface area contributed by atoms with Gasteiger partial charge >= 0.3 is 5.97 Å². The number of carbonyl (C=O) groups is 14. The Hall–Kier alpha value is -9.19. The number of benzene rings is 2. The van der Waals surface area contributed by atoms with E-state index in [1.165, 1.54) is 50.2 Å². The molecule has 8 amide bonds. The van der Waals surface area contributed by atoms with Gasteiger partial charge < -0.3 is 80.0 Å². The number of aliphatic hydroxyl groups is 2. The van der Waals surface area contributed by atoms with E-state index < -0.39 is 194 Å². The lowest BCUT2D eigenvalue weighted by molar-refractivity contribution is -0.145. The molecule has 512 valence electrons. The Bertz CT molecular complexity index is 3010. The van der Waals surface area contributed by atoms with Gasteiger partial charge in [0.25, 0.3) is 0 Å². The van der Waals surface area contributed by atoms with E-state index in [1.54, 1.807) is 19.1 Å². The monoisotopic (exact) mass is 1310 g/mol. The first-order valence-electron chi connectivity index (χ1n) is 30.8. The number of nitrogens with one attached hydrogen (secondary N) is 5. The number of hydrogen-bond donors (Lipinski definition) is 14. The SMILES string of the molecule is CC(C)C[C@H](C)C(=O)C[C@@H](Cc1ccc(O)cc1)C(=O)N[C@@H](CCCN=C(N)N)C(=O)C[C@@H](C)C(=O)N[C@@H](CC(N)=O)C(=O)C[C@@H](C)C(=O)N[C@@H](CC(=O)O)C(=O)C[C@@H](CO)C(=O)N1CCC[C@H]1C(=O)NCC(=O)C[C@@H](Cc1ccc(O)cc1)C(=O)N[C@@H](CO)C(N)=O. The molecule has 0 bridgehead atoms. The Morgan fingerprint density at radius 2 is 1.03 bits per heavy atom. The van der Waals surface area contributed by atoms with E-state index in [9.17, 15) is 92.7 Å². The van der Waals surface area contributed by atoms with Crippen LogP contribution in [0.5, 0.6) is 11.5 Å². The number of phenols is 2. The van der Waals surface area contributed by atoms with Crippen LogP contribution in [0.3, 0.4) is 0 Å². The lowest BCUT2D eigenvalue weighted by atomic mass is 9.86. The maximum Gasteiger partial charge on any atom is 0.305 e. The highest BCUT2D eigenvalue weighted by molar-refractivity contribution is 6.00. The average Bonchev–Trinajstić information content (AvgIpc) is 1.82. The summed E-state index contributed by atoms with van der Waals surface area (Å²) in [7, 11) is 0. The van der Waals surface area contributed by atoms with Gasteiger partial charge in [-0.15, -0.1) is 0 Å². The summed E-state index contributed by atoms with van der Waals surface area (Å²) >= 11 is 0. The maximum absolute atomic E-state index is 14.1. The molecule has 1 saturated heterocycles. The number of primary amides is 2. The van der Waals surface area contributed by atoms with Crippen molar-refractivity contribution in [1.82, 2.24) is 31.5 Å². The number of nitrogens with two attached hydrogens (primary N) is 4. The summed E-state index contributed by atoms with van der Waals surface area (Å²) in [6, 6.07) is 4.34. The van der Waals surface area contributed by atoms with E-state index in [1.807, 2.05) is 13.8 Å². The van der Waals surface area contributed by atoms with Gasteiger partial charge in [-0.3, -0.25) is 72.1 Å². The molecule has 2 aromatic rings. The molecule has 11 atom stereocenters. The number of rotatable bonds is 43. The second kappa shape index (κ2) is 38.6. The number of aliphatic hydroxyl groups excluding tert-OH is 2. The third kappa shape index (κ3) is 27.3. The van der Waals surface area contributed by atoms with E-state index in [4.69, 9.17) is 22.9 Å². The van der Waals surface area contributed by atoms with Gasteiger partial charge in [0.1, 0.15) is 29.4 Å². The number of aromatic hydroxyl groups is 2. The average molecular weight is 1310 g/mol. The van der Waals surface area contributed by atoms with Crippen LogP contribution in [0.2, 0.25) is 0 Å². The molecule has 0 saturated carbocycles. The van der Waals surface area contributed by atoms with Gasteiger partial charge in [0.15, 0.2) is 29.1 Å². The van der Waals surface area contributed by atoms with Crippen LogP contribution in [0, 0.1) is 41.4 Å². The van der Waals surface area contributed by atoms with Gasteiger partial charge in [0.2, 0.25) is 47.3 Å². The van der Waals surface area contributed by atoms with Crippen LogP contribution in [-0.4, -0.2) is 182 Å². The first-order chi connectivity index (χ1) is 43.7. The lowest BCUT2D eigenvalue weighted by Gasteiger charge is -2.28. The number of ketones is 5. The van der Waals surface area contributed by atoms with Gasteiger partial charge in [-0.2, -0.15) is 0 Å². The van der Waals surface area contributed by atoms with Crippen LogP contribution in [0.25, 0.3) is 0 Å². The molecule has 0 aromatic heterocycles. The van der Waals surface area contributed by atoms with Gasteiger partial charge in [-0.1, -0.05) is 58.9 Å². The molecule has 3 rings (SSSR count). The molecule has 30 heteroatoms. The molecule has 0 radical (unpaired) electrons. The van der Waals surface area contributed by atoms with Gasteiger partial charge in [0.05, 0.1) is 56.6 Å². The molecule has 0 aliphatic carbocycles. The summed E-state index contributed by atoms with van der Waals surface area (Å²) < 4.78 is 0. The molecule has 0 unspecified atom stereocenters. The predicted molar refractivity (Wildman–Crippen MR) is 334 cm³/mol. The highest BCUT2D eigenvalue weighted by atomic mass is 16.4. The zero-order chi connectivity index (χ0) is 69.8. The Labute approximate surface area is 538 Å². The summed E-state index contributed by atoms with van der Waals surface area (Å²) in [6.07, 6.45) is -3.45. The van der Waals surface area contributed by atoms with Gasteiger partial charge in [0, 0.05) is 74.8 Å². The summed E-state index contributed by atoms with van der Waals surface area (Å²) in [5.74, 6) is -19.0. The molecule has 1 heterocycles. The second-order valence-corrected chi connectivity index (χ2v) is 24.2. The Balaban J connectivity index is 1.70. The summed E-state index contributed by atoms with van der Waals surface area (Å²) in [5, 5.41) is 61.4. The quantitative estimate of drug-likeness (QED) is 0.0202. The molecular weight excluding hydrogens is 1210 g/mol. The minimum Gasteiger partial charge on any atom is -0.508 e. The van der Waals surface area contributed by atoms with Crippen LogP contribution >= 0.6 is 0 Å². The molecule has 1 fully saturated rings. The number of likely N-dealkylation sites (tertiary alicyclic amines) is 1. The van der Waals surface area contributed by atoms with Crippen molar-refractivity contribution in [2.24, 2.45) is 69.4 Å². The van der Waals surface area contributed by atoms with E-state index in [0.717, 1.165) is 4.90 Å². The minimum atomic E-state index is -1.84. The van der Waals surface area contributed by atoms with Crippen molar-refractivity contribution in [2.75, 3.05) is 32.8 Å². The number of guanidine groups is 1. The standard InChI is InChI=1S/C63H91N11O19/c1-33(2)20-34(3)50(80)26-40(24-38-12-16-43(78)17-13-38)60(91)70-45(8-6-18-68-63(66)67)51(81)21-35(4)57(88)71-46(28-54(64)84)52(82)22-36(5)58(89)72-47(29-55(85)86)53(83)27-41(31-75)62(93)74-19-7-9-49(74)61(92)69-30-44(79)25-39(23-37-10-14-42(77)15-11-37)59(90)73-48(32-76)56(65)87/h10-17,33-36,39-41,45-49,75-78H,6-9,18-32H2,1-5H3,(H2,64,84)(H2,65,87)(H,69,92)(H,70,91)(H,71,88)(H,72,89)(H,73,90)(H,85,86)(H4,66,67,68)/t34-,35+,36+,39+,40+,41-,45-,46-,47-,48-,49-/m0/s1. The molecular formula is C63H91N11O19. The number of hydrogen-bond acceptors (Lipinski definition) is 19. The normalized spacial score (nSPS) is 16.0. The maximum atomic E-state index is 14.1. The number of phenolic OH excluding ortho intramolecular Hbond substituents is 2. The minimum absolute atomic E-state index is 0.00944. The molecule has 18 N–H and O–H groups in total. The number of amides is 8. The smallest absolute Gasteiger partial charge is 0.305 e. The van der Waals surface area contributed by atoms with Crippen molar-refractivity contribution in [3.05, 3.63) is 59.7 Å².